The first-order chi connectivity index (χ1) is 9.78. The van der Waals surface area contributed by atoms with E-state index in [4.69, 9.17) is 16.3 Å². The van der Waals surface area contributed by atoms with Gasteiger partial charge in [-0.2, -0.15) is 0 Å². The minimum Gasteiger partial charge on any atom is -0.372 e. The highest BCUT2D eigenvalue weighted by Gasteiger charge is 2.16. The number of halogens is 1. The maximum absolute atomic E-state index is 6.62. The first-order valence-corrected chi connectivity index (χ1v) is 7.64. The lowest BCUT2D eigenvalue weighted by molar-refractivity contribution is 0.134. The number of hydrogen-bond acceptors (Lipinski definition) is 1. The lowest BCUT2D eigenvalue weighted by atomic mass is 9.99. The van der Waals surface area contributed by atoms with Gasteiger partial charge in [-0.3, -0.25) is 0 Å². The van der Waals surface area contributed by atoms with Gasteiger partial charge in [0.2, 0.25) is 0 Å². The van der Waals surface area contributed by atoms with E-state index in [9.17, 15) is 0 Å². The van der Waals surface area contributed by atoms with Crippen molar-refractivity contribution in [3.05, 3.63) is 70.3 Å². The van der Waals surface area contributed by atoms with Gasteiger partial charge in [0.15, 0.2) is 0 Å². The first kappa shape index (κ1) is 13.7. The normalized spacial score (nSPS) is 15.1. The monoisotopic (exact) mass is 286 g/mol. The Bertz CT molecular complexity index is 589. The second-order valence-corrected chi connectivity index (χ2v) is 5.81. The van der Waals surface area contributed by atoms with Crippen LogP contribution in [-0.4, -0.2) is 0 Å². The third-order valence-electron chi connectivity index (χ3n) is 3.85. The van der Waals surface area contributed by atoms with Gasteiger partial charge in [0.1, 0.15) is 0 Å². The Hall–Kier alpha value is -1.31. The average molecular weight is 287 g/mol. The topological polar surface area (TPSA) is 9.23 Å². The summed E-state index contributed by atoms with van der Waals surface area (Å²) in [6, 6.07) is 15.1. The SMILES string of the molecule is CCCc1ccc(C(Cl)c2ccc3c(c2)COC3)cc1. The van der Waals surface area contributed by atoms with Crippen LogP contribution in [0.4, 0.5) is 0 Å². The molecule has 2 aromatic rings. The molecular weight excluding hydrogens is 268 g/mol. The summed E-state index contributed by atoms with van der Waals surface area (Å²) in [6.45, 7) is 3.64. The zero-order valence-corrected chi connectivity index (χ0v) is 12.5. The molecule has 0 aliphatic carbocycles. The molecule has 0 fully saturated rings. The largest absolute Gasteiger partial charge is 0.372 e. The van der Waals surface area contributed by atoms with E-state index in [0.717, 1.165) is 24.2 Å². The van der Waals surface area contributed by atoms with Gasteiger partial charge in [0.25, 0.3) is 0 Å². The van der Waals surface area contributed by atoms with E-state index in [1.165, 1.54) is 23.1 Å². The number of fused-ring (bicyclic) bond motifs is 1. The number of hydrogen-bond donors (Lipinski definition) is 0. The summed E-state index contributed by atoms with van der Waals surface area (Å²) in [4.78, 5) is 0. The maximum atomic E-state index is 6.62. The lowest BCUT2D eigenvalue weighted by Crippen LogP contribution is -1.96. The Morgan fingerprint density at radius 2 is 1.70 bits per heavy atom. The van der Waals surface area contributed by atoms with E-state index in [1.807, 2.05) is 0 Å². The van der Waals surface area contributed by atoms with Crippen molar-refractivity contribution in [2.24, 2.45) is 0 Å². The van der Waals surface area contributed by atoms with Crippen LogP contribution in [-0.2, 0) is 24.4 Å². The Labute approximate surface area is 125 Å². The van der Waals surface area contributed by atoms with Crippen molar-refractivity contribution in [1.29, 1.82) is 0 Å². The van der Waals surface area contributed by atoms with Crippen molar-refractivity contribution in [2.45, 2.75) is 38.4 Å². The number of benzene rings is 2. The molecule has 0 radical (unpaired) electrons. The van der Waals surface area contributed by atoms with Crippen LogP contribution in [0.1, 0.15) is 46.5 Å². The molecule has 2 heteroatoms. The van der Waals surface area contributed by atoms with Crippen LogP contribution < -0.4 is 0 Å². The number of rotatable bonds is 4. The highest BCUT2D eigenvalue weighted by atomic mass is 35.5. The summed E-state index contributed by atoms with van der Waals surface area (Å²) in [5.74, 6) is 0. The molecule has 1 atom stereocenters. The van der Waals surface area contributed by atoms with Crippen LogP contribution >= 0.6 is 11.6 Å². The number of aryl methyl sites for hydroxylation is 1. The molecule has 104 valence electrons. The van der Waals surface area contributed by atoms with E-state index < -0.39 is 0 Å². The zero-order chi connectivity index (χ0) is 13.9. The molecule has 0 bridgehead atoms. The third kappa shape index (κ3) is 2.74. The minimum atomic E-state index is -0.0865. The molecular formula is C18H19ClO. The maximum Gasteiger partial charge on any atom is 0.0835 e. The molecule has 1 nitrogen and oxygen atoms in total. The van der Waals surface area contributed by atoms with Crippen LogP contribution in [0.3, 0.4) is 0 Å². The molecule has 2 aromatic carbocycles. The van der Waals surface area contributed by atoms with Crippen molar-refractivity contribution >= 4 is 11.6 Å². The second kappa shape index (κ2) is 5.99. The Kier molecular flexibility index (Phi) is 4.09. The standard InChI is InChI=1S/C18H19ClO/c1-2-3-13-4-6-14(7-5-13)18(19)15-8-9-16-11-20-12-17(16)10-15/h4-10,18H,2-3,11-12H2,1H3. The molecule has 1 aliphatic rings. The van der Waals surface area contributed by atoms with Gasteiger partial charge >= 0.3 is 0 Å². The smallest absolute Gasteiger partial charge is 0.0835 e. The van der Waals surface area contributed by atoms with Gasteiger partial charge in [-0.1, -0.05) is 55.8 Å². The fourth-order valence-corrected chi connectivity index (χ4v) is 2.97. The van der Waals surface area contributed by atoms with Gasteiger partial charge in [0, 0.05) is 0 Å². The predicted octanol–water partition coefficient (Wildman–Crippen LogP) is 5.00. The molecule has 0 N–H and O–H groups in total. The number of alkyl halides is 1. The van der Waals surface area contributed by atoms with Crippen LogP contribution in [0.25, 0.3) is 0 Å². The molecule has 0 saturated carbocycles. The Morgan fingerprint density at radius 3 is 2.45 bits per heavy atom. The highest BCUT2D eigenvalue weighted by Crippen LogP contribution is 2.32. The Balaban J connectivity index is 1.82. The van der Waals surface area contributed by atoms with E-state index >= 15 is 0 Å². The lowest BCUT2D eigenvalue weighted by Gasteiger charge is -2.12. The summed E-state index contributed by atoms with van der Waals surface area (Å²) in [5, 5.41) is -0.0865. The van der Waals surface area contributed by atoms with Crippen LogP contribution in [0, 0.1) is 0 Å². The second-order valence-electron chi connectivity index (χ2n) is 5.38. The highest BCUT2D eigenvalue weighted by molar-refractivity contribution is 6.22. The van der Waals surface area contributed by atoms with Crippen molar-refractivity contribution in [2.75, 3.05) is 0 Å². The number of ether oxygens (including phenoxy) is 1. The van der Waals surface area contributed by atoms with Crippen molar-refractivity contribution < 1.29 is 4.74 Å². The minimum absolute atomic E-state index is 0.0865. The fraction of sp³-hybridized carbons (Fsp3) is 0.333. The van der Waals surface area contributed by atoms with Gasteiger partial charge in [-0.25, -0.2) is 0 Å². The first-order valence-electron chi connectivity index (χ1n) is 7.20. The predicted molar refractivity (Wildman–Crippen MR) is 83.1 cm³/mol. The van der Waals surface area contributed by atoms with Crippen molar-refractivity contribution in [1.82, 2.24) is 0 Å². The van der Waals surface area contributed by atoms with Crippen molar-refractivity contribution in [3.8, 4) is 0 Å². The summed E-state index contributed by atoms with van der Waals surface area (Å²) in [7, 11) is 0. The molecule has 20 heavy (non-hydrogen) atoms. The van der Waals surface area contributed by atoms with E-state index in [2.05, 4.69) is 49.4 Å². The summed E-state index contributed by atoms with van der Waals surface area (Å²) in [5.41, 5.74) is 6.25. The van der Waals surface area contributed by atoms with Crippen LogP contribution in [0.5, 0.6) is 0 Å². The molecule has 0 saturated heterocycles. The molecule has 0 aromatic heterocycles. The summed E-state index contributed by atoms with van der Waals surface area (Å²) in [6.07, 6.45) is 2.30. The molecule has 1 aliphatic heterocycles. The average Bonchev–Trinajstić information content (AvgIpc) is 2.95. The molecule has 1 unspecified atom stereocenters. The van der Waals surface area contributed by atoms with E-state index in [-0.39, 0.29) is 5.38 Å². The van der Waals surface area contributed by atoms with Crippen LogP contribution in [0.2, 0.25) is 0 Å². The van der Waals surface area contributed by atoms with Crippen molar-refractivity contribution in [3.63, 3.8) is 0 Å². The van der Waals surface area contributed by atoms with E-state index in [0.29, 0.717) is 6.61 Å². The van der Waals surface area contributed by atoms with Gasteiger partial charge in [0.05, 0.1) is 18.6 Å². The van der Waals surface area contributed by atoms with Gasteiger partial charge < -0.3 is 4.74 Å². The van der Waals surface area contributed by atoms with Crippen LogP contribution in [0.15, 0.2) is 42.5 Å². The molecule has 1 heterocycles. The van der Waals surface area contributed by atoms with E-state index in [1.54, 1.807) is 0 Å². The molecule has 0 spiro atoms. The summed E-state index contributed by atoms with van der Waals surface area (Å²) < 4.78 is 5.45. The summed E-state index contributed by atoms with van der Waals surface area (Å²) >= 11 is 6.62. The van der Waals surface area contributed by atoms with Gasteiger partial charge in [-0.15, -0.1) is 11.6 Å². The Morgan fingerprint density at radius 1 is 1.00 bits per heavy atom. The zero-order valence-electron chi connectivity index (χ0n) is 11.7. The third-order valence-corrected chi connectivity index (χ3v) is 4.35. The quantitative estimate of drug-likeness (QED) is 0.719. The fourth-order valence-electron chi connectivity index (χ4n) is 2.68. The van der Waals surface area contributed by atoms with Gasteiger partial charge in [-0.05, 0) is 34.2 Å². The molecule has 3 rings (SSSR count). The molecule has 0 amide bonds.